The molecule has 0 aliphatic carbocycles. The summed E-state index contributed by atoms with van der Waals surface area (Å²) in [5.74, 6) is 1.06. The van der Waals surface area contributed by atoms with E-state index in [0.717, 1.165) is 33.7 Å². The second-order valence-corrected chi connectivity index (χ2v) is 9.18. The van der Waals surface area contributed by atoms with Gasteiger partial charge in [-0.05, 0) is 71.1 Å². The van der Waals surface area contributed by atoms with Crippen LogP contribution in [0.1, 0.15) is 34.6 Å². The number of aryl methyl sites for hydroxylation is 2. The summed E-state index contributed by atoms with van der Waals surface area (Å²) < 4.78 is 11.8. The molecule has 2 heterocycles. The molecule has 0 saturated heterocycles. The van der Waals surface area contributed by atoms with E-state index in [2.05, 4.69) is 10.3 Å². The quantitative estimate of drug-likeness (QED) is 0.275. The van der Waals surface area contributed by atoms with E-state index in [1.807, 2.05) is 72.3 Å². The summed E-state index contributed by atoms with van der Waals surface area (Å²) in [5.41, 5.74) is 4.46. The largest absolute Gasteiger partial charge is 0.493 e. The van der Waals surface area contributed by atoms with E-state index >= 15 is 0 Å². The van der Waals surface area contributed by atoms with Crippen molar-refractivity contribution in [2.24, 2.45) is 0 Å². The number of carbonyl (C=O) groups excluding carboxylic acids is 1. The Morgan fingerprint density at radius 2 is 1.92 bits per heavy atom. The Labute approximate surface area is 213 Å². The molecule has 36 heavy (non-hydrogen) atoms. The lowest BCUT2D eigenvalue weighted by Gasteiger charge is -2.13. The second-order valence-electron chi connectivity index (χ2n) is 8.40. The number of aliphatic carboxylic acids is 1. The highest BCUT2D eigenvalue weighted by molar-refractivity contribution is 7.08. The van der Waals surface area contributed by atoms with E-state index in [9.17, 15) is 9.59 Å². The fraction of sp³-hybridized carbons (Fsp3) is 0.250. The third-order valence-corrected chi connectivity index (χ3v) is 6.46. The monoisotopic (exact) mass is 504 g/mol. The molecule has 0 atom stereocenters. The van der Waals surface area contributed by atoms with Crippen molar-refractivity contribution in [3.05, 3.63) is 93.5 Å². The molecule has 8 heteroatoms. The minimum atomic E-state index is -0.861. The molecule has 0 spiro atoms. The highest BCUT2D eigenvalue weighted by Crippen LogP contribution is 2.23. The molecule has 2 N–H and O–H groups in total. The maximum absolute atomic E-state index is 12.4. The molecular weight excluding hydrogens is 476 g/mol. The molecule has 4 rings (SSSR count). The predicted molar refractivity (Wildman–Crippen MR) is 138 cm³/mol. The molecular formula is C28H28N2O5S. The summed E-state index contributed by atoms with van der Waals surface area (Å²) >= 11 is 1.55. The number of aromatic nitrogens is 1. The number of amides is 1. The summed E-state index contributed by atoms with van der Waals surface area (Å²) in [6.45, 7) is 2.60. The molecule has 186 valence electrons. The molecule has 2 aromatic carbocycles. The van der Waals surface area contributed by atoms with Crippen molar-refractivity contribution in [2.45, 2.75) is 39.2 Å². The highest BCUT2D eigenvalue weighted by atomic mass is 32.1. The van der Waals surface area contributed by atoms with Crippen molar-refractivity contribution in [1.82, 2.24) is 10.3 Å². The van der Waals surface area contributed by atoms with Gasteiger partial charge in [0.05, 0.1) is 18.7 Å². The molecule has 0 saturated carbocycles. The molecule has 4 aromatic rings. The molecule has 0 radical (unpaired) electrons. The Morgan fingerprint density at radius 1 is 1.08 bits per heavy atom. The van der Waals surface area contributed by atoms with Crippen LogP contribution in [0.15, 0.2) is 69.8 Å². The molecule has 2 aromatic heterocycles. The molecule has 0 fully saturated rings. The van der Waals surface area contributed by atoms with E-state index in [-0.39, 0.29) is 12.3 Å². The Balaban J connectivity index is 1.38. The number of nitrogens with zero attached hydrogens (tertiary/aromatic N) is 1. The number of hydrogen-bond donors (Lipinski definition) is 2. The fourth-order valence-electron chi connectivity index (χ4n) is 3.81. The van der Waals surface area contributed by atoms with Crippen molar-refractivity contribution in [3.8, 4) is 17.2 Å². The summed E-state index contributed by atoms with van der Waals surface area (Å²) in [6.07, 6.45) is 1.29. The third-order valence-electron chi connectivity index (χ3n) is 5.73. The SMILES string of the molecule is Cc1oc(-c2ccccc2)nc1CCOc1ccc(CCC(=O)O)c(CNC(=O)Cc2ccsc2)c1. The van der Waals surface area contributed by atoms with Crippen LogP contribution in [0.25, 0.3) is 11.5 Å². The number of thiophene rings is 1. The van der Waals surface area contributed by atoms with Gasteiger partial charge in [-0.15, -0.1) is 0 Å². The van der Waals surface area contributed by atoms with Crippen LogP contribution in [0.4, 0.5) is 0 Å². The van der Waals surface area contributed by atoms with Gasteiger partial charge in [0.15, 0.2) is 0 Å². The highest BCUT2D eigenvalue weighted by Gasteiger charge is 2.13. The van der Waals surface area contributed by atoms with Crippen molar-refractivity contribution < 1.29 is 23.8 Å². The topological polar surface area (TPSA) is 102 Å². The number of hydrogen-bond acceptors (Lipinski definition) is 6. The summed E-state index contributed by atoms with van der Waals surface area (Å²) in [4.78, 5) is 28.1. The summed E-state index contributed by atoms with van der Waals surface area (Å²) in [6, 6.07) is 17.2. The number of oxazole rings is 1. The van der Waals surface area contributed by atoms with Crippen molar-refractivity contribution in [3.63, 3.8) is 0 Å². The second kappa shape index (κ2) is 12.2. The van der Waals surface area contributed by atoms with Gasteiger partial charge in [0.1, 0.15) is 11.5 Å². The number of ether oxygens (including phenoxy) is 1. The Hall–Kier alpha value is -3.91. The molecule has 0 aliphatic heterocycles. The Kier molecular flexibility index (Phi) is 8.52. The van der Waals surface area contributed by atoms with Crippen LogP contribution in [-0.4, -0.2) is 28.6 Å². The van der Waals surface area contributed by atoms with Gasteiger partial charge in [0, 0.05) is 24.9 Å². The first-order chi connectivity index (χ1) is 17.5. The lowest BCUT2D eigenvalue weighted by molar-refractivity contribution is -0.137. The van der Waals surface area contributed by atoms with Crippen LogP contribution in [0.5, 0.6) is 5.75 Å². The van der Waals surface area contributed by atoms with Gasteiger partial charge >= 0.3 is 5.97 Å². The number of carboxylic acids is 1. The molecule has 1 amide bonds. The van der Waals surface area contributed by atoms with Gasteiger partial charge < -0.3 is 19.6 Å². The van der Waals surface area contributed by atoms with Crippen LogP contribution in [0.3, 0.4) is 0 Å². The van der Waals surface area contributed by atoms with Crippen molar-refractivity contribution >= 4 is 23.2 Å². The van der Waals surface area contributed by atoms with E-state index in [1.165, 1.54) is 0 Å². The minimum absolute atomic E-state index is 0.0191. The van der Waals surface area contributed by atoms with Crippen LogP contribution in [0, 0.1) is 6.92 Å². The van der Waals surface area contributed by atoms with Gasteiger partial charge in [0.25, 0.3) is 0 Å². The zero-order valence-corrected chi connectivity index (χ0v) is 20.8. The van der Waals surface area contributed by atoms with Gasteiger partial charge in [-0.25, -0.2) is 4.98 Å². The average molecular weight is 505 g/mol. The lowest BCUT2D eigenvalue weighted by atomic mass is 10.0. The molecule has 7 nitrogen and oxygen atoms in total. The van der Waals surface area contributed by atoms with Crippen LogP contribution >= 0.6 is 11.3 Å². The third kappa shape index (κ3) is 7.05. The zero-order valence-electron chi connectivity index (χ0n) is 20.0. The maximum atomic E-state index is 12.4. The first kappa shape index (κ1) is 25.2. The van der Waals surface area contributed by atoms with Gasteiger partial charge in [0.2, 0.25) is 11.8 Å². The van der Waals surface area contributed by atoms with Gasteiger partial charge in [-0.1, -0.05) is 24.3 Å². The average Bonchev–Trinajstić information content (AvgIpc) is 3.52. The predicted octanol–water partition coefficient (Wildman–Crippen LogP) is 5.21. The standard InChI is InChI=1S/C28H28N2O5S/c1-19-25(30-28(35-19)22-5-3-2-4-6-22)11-13-34-24-9-7-21(8-10-27(32)33)23(16-24)17-29-26(31)15-20-12-14-36-18-20/h2-7,9,12,14,16,18H,8,10-11,13,15,17H2,1H3,(H,29,31)(H,32,33). The molecule has 0 bridgehead atoms. The first-order valence-corrected chi connectivity index (χ1v) is 12.7. The normalized spacial score (nSPS) is 10.8. The number of rotatable bonds is 12. The van der Waals surface area contributed by atoms with Crippen LogP contribution in [-0.2, 0) is 35.4 Å². The Morgan fingerprint density at radius 3 is 2.67 bits per heavy atom. The van der Waals surface area contributed by atoms with E-state index in [4.69, 9.17) is 14.3 Å². The van der Waals surface area contributed by atoms with E-state index in [0.29, 0.717) is 44.1 Å². The minimum Gasteiger partial charge on any atom is -0.493 e. The maximum Gasteiger partial charge on any atom is 0.303 e. The van der Waals surface area contributed by atoms with E-state index in [1.54, 1.807) is 11.3 Å². The zero-order chi connectivity index (χ0) is 25.3. The van der Waals surface area contributed by atoms with Gasteiger partial charge in [-0.3, -0.25) is 9.59 Å². The lowest BCUT2D eigenvalue weighted by Crippen LogP contribution is -2.25. The Bertz CT molecular complexity index is 1300. The van der Waals surface area contributed by atoms with E-state index < -0.39 is 5.97 Å². The number of carboxylic acid groups (broad SMARTS) is 1. The van der Waals surface area contributed by atoms with Crippen LogP contribution < -0.4 is 10.1 Å². The van der Waals surface area contributed by atoms with Crippen molar-refractivity contribution in [2.75, 3.05) is 6.61 Å². The summed E-state index contributed by atoms with van der Waals surface area (Å²) in [5, 5.41) is 15.9. The number of benzene rings is 2. The molecule has 0 aliphatic rings. The fourth-order valence-corrected chi connectivity index (χ4v) is 4.48. The van der Waals surface area contributed by atoms with Crippen LogP contribution in [0.2, 0.25) is 0 Å². The number of nitrogens with one attached hydrogen (secondary N) is 1. The number of carbonyl (C=O) groups is 2. The van der Waals surface area contributed by atoms with Crippen molar-refractivity contribution in [1.29, 1.82) is 0 Å². The van der Waals surface area contributed by atoms with Gasteiger partial charge in [-0.2, -0.15) is 11.3 Å². The molecule has 0 unspecified atom stereocenters. The smallest absolute Gasteiger partial charge is 0.303 e. The first-order valence-electron chi connectivity index (χ1n) is 11.7. The summed E-state index contributed by atoms with van der Waals surface area (Å²) in [7, 11) is 0.